The molecule has 0 aliphatic carbocycles. The minimum atomic E-state index is -3.48. The lowest BCUT2D eigenvalue weighted by atomic mass is 10.2. The molecule has 102 valence electrons. The third-order valence-electron chi connectivity index (χ3n) is 2.57. The fourth-order valence-corrected chi connectivity index (χ4v) is 4.36. The van der Waals surface area contributed by atoms with Crippen molar-refractivity contribution in [3.63, 3.8) is 0 Å². The van der Waals surface area contributed by atoms with Crippen LogP contribution in [0.2, 0.25) is 0 Å². The van der Waals surface area contributed by atoms with Crippen molar-refractivity contribution in [3.8, 4) is 0 Å². The van der Waals surface area contributed by atoms with Gasteiger partial charge in [0.25, 0.3) is 10.0 Å². The number of benzene rings is 1. The normalized spacial score (nSPS) is 12.0. The molecule has 0 amide bonds. The summed E-state index contributed by atoms with van der Waals surface area (Å²) in [5, 5.41) is 1.72. The molecule has 0 atom stereocenters. The molecule has 0 spiro atoms. The molecule has 1 heterocycles. The Kier molecular flexibility index (Phi) is 4.39. The first-order valence-corrected chi connectivity index (χ1v) is 8.46. The highest BCUT2D eigenvalue weighted by Gasteiger charge is 2.22. The molecule has 3 nitrogen and oxygen atoms in total. The van der Waals surface area contributed by atoms with E-state index in [2.05, 4.69) is 15.9 Å². The second-order valence-corrected chi connectivity index (χ2v) is 8.00. The number of nitrogens with zero attached hydrogens (tertiary/aromatic N) is 1. The molecule has 19 heavy (non-hydrogen) atoms. The zero-order chi connectivity index (χ0) is 14.0. The van der Waals surface area contributed by atoms with Crippen molar-refractivity contribution in [2.45, 2.75) is 10.8 Å². The van der Waals surface area contributed by atoms with E-state index in [4.69, 9.17) is 0 Å². The second kappa shape index (κ2) is 5.70. The van der Waals surface area contributed by atoms with Gasteiger partial charge in [-0.05, 0) is 29.1 Å². The van der Waals surface area contributed by atoms with Gasteiger partial charge in [0.05, 0.1) is 0 Å². The molecular weight excluding hydrogens is 353 g/mol. The number of hydrogen-bond acceptors (Lipinski definition) is 3. The van der Waals surface area contributed by atoms with Crippen LogP contribution in [-0.4, -0.2) is 19.8 Å². The van der Waals surface area contributed by atoms with Gasteiger partial charge in [-0.25, -0.2) is 12.8 Å². The van der Waals surface area contributed by atoms with Crippen molar-refractivity contribution in [1.29, 1.82) is 0 Å². The monoisotopic (exact) mass is 363 g/mol. The van der Waals surface area contributed by atoms with Crippen LogP contribution in [0.4, 0.5) is 4.39 Å². The Morgan fingerprint density at radius 2 is 2.11 bits per heavy atom. The molecule has 1 aromatic heterocycles. The number of thiophene rings is 1. The summed E-state index contributed by atoms with van der Waals surface area (Å²) < 4.78 is 39.5. The van der Waals surface area contributed by atoms with E-state index >= 15 is 0 Å². The van der Waals surface area contributed by atoms with Crippen molar-refractivity contribution >= 4 is 37.3 Å². The highest BCUT2D eigenvalue weighted by atomic mass is 79.9. The van der Waals surface area contributed by atoms with E-state index in [9.17, 15) is 12.8 Å². The molecular formula is C12H11BrFNO2S2. The molecule has 0 aliphatic heterocycles. The van der Waals surface area contributed by atoms with Crippen molar-refractivity contribution in [3.05, 3.63) is 51.6 Å². The van der Waals surface area contributed by atoms with Gasteiger partial charge < -0.3 is 0 Å². The zero-order valence-electron chi connectivity index (χ0n) is 10.0. The minimum absolute atomic E-state index is 0.182. The zero-order valence-corrected chi connectivity index (χ0v) is 13.2. The van der Waals surface area contributed by atoms with Gasteiger partial charge in [0.2, 0.25) is 0 Å². The summed E-state index contributed by atoms with van der Waals surface area (Å²) in [4.78, 5) is 0. The van der Waals surface area contributed by atoms with E-state index in [1.807, 2.05) is 0 Å². The molecule has 0 unspecified atom stereocenters. The Balaban J connectivity index is 2.24. The average Bonchev–Trinajstić information content (AvgIpc) is 2.86. The molecule has 2 rings (SSSR count). The van der Waals surface area contributed by atoms with Gasteiger partial charge in [0, 0.05) is 18.1 Å². The quantitative estimate of drug-likeness (QED) is 0.833. The lowest BCUT2D eigenvalue weighted by Crippen LogP contribution is -2.26. The topological polar surface area (TPSA) is 37.4 Å². The van der Waals surface area contributed by atoms with Crippen LogP contribution in [0.15, 0.2) is 44.4 Å². The minimum Gasteiger partial charge on any atom is -0.207 e. The van der Waals surface area contributed by atoms with Gasteiger partial charge in [-0.2, -0.15) is 4.31 Å². The third-order valence-corrected chi connectivity index (χ3v) is 6.48. The smallest absolute Gasteiger partial charge is 0.207 e. The van der Waals surface area contributed by atoms with Crippen molar-refractivity contribution in [2.24, 2.45) is 0 Å². The van der Waals surface area contributed by atoms with Crippen LogP contribution in [0.25, 0.3) is 0 Å². The maximum atomic E-state index is 13.0. The van der Waals surface area contributed by atoms with Crippen LogP contribution in [-0.2, 0) is 16.6 Å². The Morgan fingerprint density at radius 3 is 2.68 bits per heavy atom. The first kappa shape index (κ1) is 14.6. The van der Waals surface area contributed by atoms with Crippen molar-refractivity contribution in [1.82, 2.24) is 4.31 Å². The number of sulfonamides is 1. The summed E-state index contributed by atoms with van der Waals surface area (Å²) in [5.74, 6) is -0.362. The van der Waals surface area contributed by atoms with E-state index in [-0.39, 0.29) is 12.4 Å². The highest BCUT2D eigenvalue weighted by Crippen LogP contribution is 2.24. The van der Waals surface area contributed by atoms with E-state index in [1.165, 1.54) is 34.8 Å². The predicted octanol–water partition coefficient (Wildman–Crippen LogP) is 3.47. The first-order chi connectivity index (χ1) is 8.91. The summed E-state index contributed by atoms with van der Waals surface area (Å²) in [6.07, 6.45) is 0. The molecule has 0 fully saturated rings. The SMILES string of the molecule is CN(Cc1ccc(F)cc1Br)S(=O)(=O)c1cccs1. The predicted molar refractivity (Wildman–Crippen MR) is 77.1 cm³/mol. The lowest BCUT2D eigenvalue weighted by molar-refractivity contribution is 0.467. The molecule has 0 bridgehead atoms. The van der Waals surface area contributed by atoms with Crippen LogP contribution < -0.4 is 0 Å². The molecule has 7 heteroatoms. The molecule has 0 N–H and O–H groups in total. The van der Waals surface area contributed by atoms with Gasteiger partial charge in [-0.15, -0.1) is 11.3 Å². The molecule has 0 radical (unpaired) electrons. The van der Waals surface area contributed by atoms with Crippen LogP contribution in [0.5, 0.6) is 0 Å². The van der Waals surface area contributed by atoms with Gasteiger partial charge in [-0.1, -0.05) is 28.1 Å². The summed E-state index contributed by atoms with van der Waals surface area (Å²) in [6.45, 7) is 0.182. The van der Waals surface area contributed by atoms with Crippen LogP contribution in [0.1, 0.15) is 5.56 Å². The van der Waals surface area contributed by atoms with Gasteiger partial charge in [0.15, 0.2) is 0 Å². The van der Waals surface area contributed by atoms with Crippen molar-refractivity contribution in [2.75, 3.05) is 7.05 Å². The average molecular weight is 364 g/mol. The number of rotatable bonds is 4. The summed E-state index contributed by atoms with van der Waals surface area (Å²) in [7, 11) is -1.98. The molecule has 0 aliphatic rings. The van der Waals surface area contributed by atoms with E-state index in [0.717, 1.165) is 0 Å². The first-order valence-electron chi connectivity index (χ1n) is 5.35. The Bertz CT molecular complexity index is 671. The molecule has 0 saturated heterocycles. The standard InChI is InChI=1S/C12H11BrFNO2S2/c1-15(19(16,17)12-3-2-6-18-12)8-9-4-5-10(14)7-11(9)13/h2-7H,8H2,1H3. The van der Waals surface area contributed by atoms with Gasteiger partial charge >= 0.3 is 0 Å². The van der Waals surface area contributed by atoms with E-state index in [0.29, 0.717) is 14.2 Å². The Morgan fingerprint density at radius 1 is 1.37 bits per heavy atom. The van der Waals surface area contributed by atoms with E-state index in [1.54, 1.807) is 23.6 Å². The van der Waals surface area contributed by atoms with Crippen LogP contribution in [0, 0.1) is 5.82 Å². The second-order valence-electron chi connectivity index (χ2n) is 3.93. The highest BCUT2D eigenvalue weighted by molar-refractivity contribution is 9.10. The fraction of sp³-hybridized carbons (Fsp3) is 0.167. The Hall–Kier alpha value is -0.760. The largest absolute Gasteiger partial charge is 0.252 e. The molecule has 0 saturated carbocycles. The summed E-state index contributed by atoms with van der Waals surface area (Å²) in [5.41, 5.74) is 0.712. The maximum Gasteiger partial charge on any atom is 0.252 e. The van der Waals surface area contributed by atoms with Crippen LogP contribution in [0.3, 0.4) is 0 Å². The van der Waals surface area contributed by atoms with Crippen LogP contribution >= 0.6 is 27.3 Å². The van der Waals surface area contributed by atoms with Gasteiger partial charge in [0.1, 0.15) is 10.0 Å². The number of halogens is 2. The Labute approximate surface area is 123 Å². The molecule has 2 aromatic rings. The third kappa shape index (κ3) is 3.22. The maximum absolute atomic E-state index is 13.0. The summed E-state index contributed by atoms with van der Waals surface area (Å²) in [6, 6.07) is 7.46. The molecule has 1 aromatic carbocycles. The lowest BCUT2D eigenvalue weighted by Gasteiger charge is -2.17. The van der Waals surface area contributed by atoms with E-state index < -0.39 is 10.0 Å². The fourth-order valence-electron chi connectivity index (χ4n) is 1.54. The number of hydrogen-bond donors (Lipinski definition) is 0. The summed E-state index contributed by atoms with van der Waals surface area (Å²) >= 11 is 4.41. The van der Waals surface area contributed by atoms with Gasteiger partial charge in [-0.3, -0.25) is 0 Å². The van der Waals surface area contributed by atoms with Crippen molar-refractivity contribution < 1.29 is 12.8 Å².